The van der Waals surface area contributed by atoms with Gasteiger partial charge in [-0.3, -0.25) is 0 Å². The molecule has 0 amide bonds. The fourth-order valence-electron chi connectivity index (χ4n) is 2.73. The molecule has 0 unspecified atom stereocenters. The van der Waals surface area contributed by atoms with Crippen molar-refractivity contribution >= 4 is 0 Å². The van der Waals surface area contributed by atoms with E-state index in [0.29, 0.717) is 11.9 Å². The first kappa shape index (κ1) is 13.3. The van der Waals surface area contributed by atoms with Gasteiger partial charge in [-0.05, 0) is 43.2 Å². The molecule has 0 bridgehead atoms. The average Bonchev–Trinajstić information content (AvgIpc) is 2.28. The molecule has 0 heterocycles. The minimum absolute atomic E-state index is 0.102. The lowest BCUT2D eigenvalue weighted by Gasteiger charge is -2.28. The van der Waals surface area contributed by atoms with E-state index in [1.165, 1.54) is 19.3 Å². The summed E-state index contributed by atoms with van der Waals surface area (Å²) >= 11 is 0. The van der Waals surface area contributed by atoms with Crippen molar-refractivity contribution in [3.8, 4) is 11.5 Å². The molecule has 0 aliphatic heterocycles. The molecular weight excluding hydrogens is 224 g/mol. The van der Waals surface area contributed by atoms with Gasteiger partial charge in [0.25, 0.3) is 0 Å². The fraction of sp³-hybridized carbons (Fsp3) is 0.625. The van der Waals surface area contributed by atoms with Crippen LogP contribution in [0.4, 0.5) is 0 Å². The van der Waals surface area contributed by atoms with Crippen LogP contribution >= 0.6 is 0 Å². The van der Waals surface area contributed by atoms with Crippen LogP contribution in [0.3, 0.4) is 0 Å². The number of benzene rings is 1. The van der Waals surface area contributed by atoms with Gasteiger partial charge in [-0.25, -0.2) is 0 Å². The van der Waals surface area contributed by atoms with Crippen molar-refractivity contribution in [3.63, 3.8) is 0 Å². The Kier molecular flexibility index (Phi) is 3.84. The molecule has 0 aromatic heterocycles. The molecular formula is C16H24O2. The molecule has 100 valence electrons. The van der Waals surface area contributed by atoms with Gasteiger partial charge in [0.2, 0.25) is 0 Å². The van der Waals surface area contributed by atoms with E-state index in [9.17, 15) is 5.11 Å². The normalized spacial score (nSPS) is 17.7. The Morgan fingerprint density at radius 3 is 2.39 bits per heavy atom. The van der Waals surface area contributed by atoms with Crippen LogP contribution in [0.1, 0.15) is 58.4 Å². The van der Waals surface area contributed by atoms with Crippen LogP contribution in [0.2, 0.25) is 0 Å². The fourth-order valence-corrected chi connectivity index (χ4v) is 2.73. The summed E-state index contributed by atoms with van der Waals surface area (Å²) in [6.45, 7) is 6.32. The van der Waals surface area contributed by atoms with E-state index in [1.54, 1.807) is 6.07 Å². The molecule has 0 spiro atoms. The smallest absolute Gasteiger partial charge is 0.127 e. The minimum atomic E-state index is -0.102. The van der Waals surface area contributed by atoms with Crippen molar-refractivity contribution in [2.24, 2.45) is 0 Å². The van der Waals surface area contributed by atoms with Crippen molar-refractivity contribution in [3.05, 3.63) is 23.8 Å². The second-order valence-corrected chi connectivity index (χ2v) is 6.28. The van der Waals surface area contributed by atoms with E-state index in [2.05, 4.69) is 20.8 Å². The maximum atomic E-state index is 10.1. The van der Waals surface area contributed by atoms with Crippen LogP contribution in [0.5, 0.6) is 11.5 Å². The van der Waals surface area contributed by atoms with E-state index >= 15 is 0 Å². The number of rotatable bonds is 2. The second kappa shape index (κ2) is 5.21. The van der Waals surface area contributed by atoms with Gasteiger partial charge >= 0.3 is 0 Å². The highest BCUT2D eigenvalue weighted by molar-refractivity contribution is 5.48. The molecule has 2 rings (SSSR count). The maximum absolute atomic E-state index is 10.1. The summed E-state index contributed by atoms with van der Waals surface area (Å²) in [7, 11) is 0. The molecule has 1 aromatic rings. The van der Waals surface area contributed by atoms with Gasteiger partial charge < -0.3 is 9.84 Å². The Bertz CT molecular complexity index is 398. The van der Waals surface area contributed by atoms with Crippen LogP contribution in [0.25, 0.3) is 0 Å². The van der Waals surface area contributed by atoms with E-state index in [0.717, 1.165) is 24.2 Å². The number of phenolic OH excluding ortho intramolecular Hbond substituents is 1. The van der Waals surface area contributed by atoms with Crippen LogP contribution in [-0.4, -0.2) is 11.2 Å². The SMILES string of the molecule is CC(C)(C)c1c(O)cccc1OC1CCCCC1. The Hall–Kier alpha value is -1.18. The lowest BCUT2D eigenvalue weighted by molar-refractivity contribution is 0.151. The van der Waals surface area contributed by atoms with Crippen molar-refractivity contribution in [1.82, 2.24) is 0 Å². The van der Waals surface area contributed by atoms with Gasteiger partial charge in [0.15, 0.2) is 0 Å². The highest BCUT2D eigenvalue weighted by atomic mass is 16.5. The summed E-state index contributed by atoms with van der Waals surface area (Å²) in [6.07, 6.45) is 6.44. The van der Waals surface area contributed by atoms with Gasteiger partial charge in [-0.15, -0.1) is 0 Å². The highest BCUT2D eigenvalue weighted by Gasteiger charge is 2.25. The summed E-state index contributed by atoms with van der Waals surface area (Å²) in [5.74, 6) is 1.20. The Morgan fingerprint density at radius 2 is 1.78 bits per heavy atom. The van der Waals surface area contributed by atoms with Crippen LogP contribution in [0, 0.1) is 0 Å². The minimum Gasteiger partial charge on any atom is -0.508 e. The molecule has 1 saturated carbocycles. The van der Waals surface area contributed by atoms with E-state index in [4.69, 9.17) is 4.74 Å². The molecule has 2 heteroatoms. The van der Waals surface area contributed by atoms with Gasteiger partial charge in [-0.1, -0.05) is 33.3 Å². The van der Waals surface area contributed by atoms with Crippen molar-refractivity contribution < 1.29 is 9.84 Å². The molecule has 0 atom stereocenters. The van der Waals surface area contributed by atoms with Gasteiger partial charge in [-0.2, -0.15) is 0 Å². The predicted octanol–water partition coefficient (Wildman–Crippen LogP) is 4.40. The Morgan fingerprint density at radius 1 is 1.11 bits per heavy atom. The largest absolute Gasteiger partial charge is 0.508 e. The number of hydrogen-bond acceptors (Lipinski definition) is 2. The Labute approximate surface area is 110 Å². The quantitative estimate of drug-likeness (QED) is 0.840. The lowest BCUT2D eigenvalue weighted by Crippen LogP contribution is -2.22. The molecule has 1 N–H and O–H groups in total. The summed E-state index contributed by atoms with van der Waals surface area (Å²) in [4.78, 5) is 0. The van der Waals surface area contributed by atoms with Gasteiger partial charge in [0.1, 0.15) is 11.5 Å². The first-order valence-electron chi connectivity index (χ1n) is 6.97. The topological polar surface area (TPSA) is 29.5 Å². The predicted molar refractivity (Wildman–Crippen MR) is 74.3 cm³/mol. The molecule has 1 aromatic carbocycles. The van der Waals surface area contributed by atoms with Crippen LogP contribution in [0.15, 0.2) is 18.2 Å². The molecule has 1 aliphatic rings. The zero-order valence-electron chi connectivity index (χ0n) is 11.7. The van der Waals surface area contributed by atoms with E-state index in [1.807, 2.05) is 12.1 Å². The third kappa shape index (κ3) is 2.98. The standard InChI is InChI=1S/C16H24O2/c1-16(2,3)15-13(17)10-7-11-14(15)18-12-8-5-4-6-9-12/h7,10-12,17H,4-6,8-9H2,1-3H3. The van der Waals surface area contributed by atoms with E-state index in [-0.39, 0.29) is 5.41 Å². The zero-order valence-corrected chi connectivity index (χ0v) is 11.7. The molecule has 18 heavy (non-hydrogen) atoms. The molecule has 2 nitrogen and oxygen atoms in total. The van der Waals surface area contributed by atoms with Crippen molar-refractivity contribution in [2.75, 3.05) is 0 Å². The van der Waals surface area contributed by atoms with Gasteiger partial charge in [0.05, 0.1) is 6.10 Å². The van der Waals surface area contributed by atoms with E-state index < -0.39 is 0 Å². The first-order chi connectivity index (χ1) is 8.48. The van der Waals surface area contributed by atoms with Crippen molar-refractivity contribution in [2.45, 2.75) is 64.4 Å². The maximum Gasteiger partial charge on any atom is 0.127 e. The van der Waals surface area contributed by atoms with Crippen molar-refractivity contribution in [1.29, 1.82) is 0 Å². The van der Waals surface area contributed by atoms with Crippen LogP contribution in [-0.2, 0) is 5.41 Å². The lowest BCUT2D eigenvalue weighted by atomic mass is 9.85. The number of aromatic hydroxyl groups is 1. The summed E-state index contributed by atoms with van der Waals surface area (Å²) < 4.78 is 6.13. The number of phenols is 1. The number of ether oxygens (including phenoxy) is 1. The third-order valence-electron chi connectivity index (χ3n) is 3.60. The molecule has 1 aliphatic carbocycles. The summed E-state index contributed by atoms with van der Waals surface area (Å²) in [5.41, 5.74) is 0.825. The molecule has 0 saturated heterocycles. The third-order valence-corrected chi connectivity index (χ3v) is 3.60. The molecule has 0 radical (unpaired) electrons. The first-order valence-corrected chi connectivity index (χ1v) is 6.97. The zero-order chi connectivity index (χ0) is 13.2. The number of hydrogen-bond donors (Lipinski definition) is 1. The highest BCUT2D eigenvalue weighted by Crippen LogP contribution is 2.39. The molecule has 1 fully saturated rings. The Balaban J connectivity index is 2.24. The van der Waals surface area contributed by atoms with Gasteiger partial charge in [0, 0.05) is 5.56 Å². The van der Waals surface area contributed by atoms with Crippen LogP contribution < -0.4 is 4.74 Å². The summed E-state index contributed by atoms with van der Waals surface area (Å²) in [5, 5.41) is 10.1. The average molecular weight is 248 g/mol. The monoisotopic (exact) mass is 248 g/mol. The summed E-state index contributed by atoms with van der Waals surface area (Å²) in [6, 6.07) is 5.59. The second-order valence-electron chi connectivity index (χ2n) is 6.28.